The minimum absolute atomic E-state index is 0.00783. The molecule has 1 N–H and O–H groups in total. The molecule has 0 radical (unpaired) electrons. The molecular formula is C15H22N2O2. The number of rotatable bonds is 3. The van der Waals surface area contributed by atoms with Crippen LogP contribution in [0.5, 0.6) is 0 Å². The zero-order valence-corrected chi connectivity index (χ0v) is 11.8. The van der Waals surface area contributed by atoms with Gasteiger partial charge in [-0.1, -0.05) is 19.8 Å². The molecule has 0 aromatic carbocycles. The van der Waals surface area contributed by atoms with Gasteiger partial charge in [0.15, 0.2) is 0 Å². The summed E-state index contributed by atoms with van der Waals surface area (Å²) >= 11 is 0. The van der Waals surface area contributed by atoms with Gasteiger partial charge in [-0.3, -0.25) is 9.59 Å². The van der Waals surface area contributed by atoms with E-state index in [1.807, 2.05) is 6.92 Å². The van der Waals surface area contributed by atoms with E-state index in [1.54, 1.807) is 11.8 Å². The average Bonchev–Trinajstić information content (AvgIpc) is 2.85. The number of hydrogen-bond acceptors (Lipinski definition) is 2. The molecule has 0 aromatic rings. The van der Waals surface area contributed by atoms with Crippen LogP contribution in [0.4, 0.5) is 0 Å². The molecule has 1 unspecified atom stereocenters. The van der Waals surface area contributed by atoms with Crippen LogP contribution < -0.4 is 5.32 Å². The first-order valence-corrected chi connectivity index (χ1v) is 7.17. The fraction of sp³-hybridized carbons (Fsp3) is 0.733. The Labute approximate surface area is 114 Å². The smallest absolute Gasteiger partial charge is 0.249 e. The molecule has 2 amide bonds. The Morgan fingerprint density at radius 1 is 1.37 bits per heavy atom. The van der Waals surface area contributed by atoms with Gasteiger partial charge in [-0.25, -0.2) is 0 Å². The van der Waals surface area contributed by atoms with Crippen molar-refractivity contribution >= 4 is 11.8 Å². The molecule has 104 valence electrons. The first-order valence-electron chi connectivity index (χ1n) is 7.17. The first-order chi connectivity index (χ1) is 9.14. The zero-order chi connectivity index (χ0) is 13.9. The highest BCUT2D eigenvalue weighted by Crippen LogP contribution is 2.35. The predicted octanol–water partition coefficient (Wildman–Crippen LogP) is 1.45. The highest BCUT2D eigenvalue weighted by Gasteiger charge is 2.51. The molecule has 1 saturated heterocycles. The molecule has 0 aromatic heterocycles. The highest BCUT2D eigenvalue weighted by molar-refractivity contribution is 6.00. The normalized spacial score (nSPS) is 25.2. The average molecular weight is 262 g/mol. The first kappa shape index (κ1) is 13.9. The monoisotopic (exact) mass is 262 g/mol. The Hall–Kier alpha value is -1.50. The maximum absolute atomic E-state index is 12.7. The Morgan fingerprint density at radius 3 is 2.63 bits per heavy atom. The molecule has 4 heteroatoms. The van der Waals surface area contributed by atoms with Crippen molar-refractivity contribution < 1.29 is 9.59 Å². The summed E-state index contributed by atoms with van der Waals surface area (Å²) in [6.45, 7) is 4.30. The van der Waals surface area contributed by atoms with E-state index < -0.39 is 5.54 Å². The second-order valence-corrected chi connectivity index (χ2v) is 5.38. The Kier molecular flexibility index (Phi) is 4.14. The van der Waals surface area contributed by atoms with E-state index in [2.05, 4.69) is 17.2 Å². The number of carbonyl (C=O) groups is 2. The molecular weight excluding hydrogens is 240 g/mol. The van der Waals surface area contributed by atoms with Crippen molar-refractivity contribution in [3.63, 3.8) is 0 Å². The van der Waals surface area contributed by atoms with Gasteiger partial charge in [0.2, 0.25) is 11.8 Å². The molecule has 1 aliphatic heterocycles. The maximum Gasteiger partial charge on any atom is 0.249 e. The van der Waals surface area contributed by atoms with Crippen LogP contribution in [0.2, 0.25) is 0 Å². The minimum atomic E-state index is -0.609. The van der Waals surface area contributed by atoms with Crippen molar-refractivity contribution in [2.24, 2.45) is 0 Å². The van der Waals surface area contributed by atoms with E-state index in [4.69, 9.17) is 0 Å². The second-order valence-electron chi connectivity index (χ2n) is 5.38. The molecule has 4 nitrogen and oxygen atoms in total. The van der Waals surface area contributed by atoms with Crippen molar-refractivity contribution in [2.75, 3.05) is 6.54 Å². The second kappa shape index (κ2) is 5.64. The number of amides is 2. The van der Waals surface area contributed by atoms with E-state index in [1.165, 1.54) is 0 Å². The van der Waals surface area contributed by atoms with Gasteiger partial charge in [0, 0.05) is 13.0 Å². The molecule has 1 saturated carbocycles. The molecule has 2 rings (SSSR count). The molecule has 19 heavy (non-hydrogen) atoms. The van der Waals surface area contributed by atoms with Crippen molar-refractivity contribution in [1.29, 1.82) is 0 Å². The van der Waals surface area contributed by atoms with E-state index in [9.17, 15) is 9.59 Å². The van der Waals surface area contributed by atoms with E-state index >= 15 is 0 Å². The van der Waals surface area contributed by atoms with Gasteiger partial charge in [0.05, 0.1) is 0 Å². The number of carbonyl (C=O) groups excluding carboxylic acids is 2. The van der Waals surface area contributed by atoms with Gasteiger partial charge in [0.25, 0.3) is 0 Å². The van der Waals surface area contributed by atoms with Gasteiger partial charge in [0.1, 0.15) is 11.6 Å². The third-order valence-corrected chi connectivity index (χ3v) is 4.21. The maximum atomic E-state index is 12.7. The Morgan fingerprint density at radius 2 is 2.05 bits per heavy atom. The molecule has 1 spiro atoms. The zero-order valence-electron chi connectivity index (χ0n) is 11.8. The summed E-state index contributed by atoms with van der Waals surface area (Å²) in [4.78, 5) is 26.7. The molecule has 1 atom stereocenters. The van der Waals surface area contributed by atoms with Crippen LogP contribution in [0, 0.1) is 11.8 Å². The Bertz CT molecular complexity index is 427. The van der Waals surface area contributed by atoms with E-state index in [0.29, 0.717) is 19.4 Å². The van der Waals surface area contributed by atoms with Crippen LogP contribution in [-0.2, 0) is 9.59 Å². The summed E-state index contributed by atoms with van der Waals surface area (Å²) in [5.41, 5.74) is -0.609. The van der Waals surface area contributed by atoms with Crippen molar-refractivity contribution in [3.05, 3.63) is 0 Å². The SMILES string of the molecule is CC#CCCN1C(=O)C2(CCCC2)NC(=O)C1CC. The molecule has 2 aliphatic rings. The molecule has 1 aliphatic carbocycles. The lowest BCUT2D eigenvalue weighted by molar-refractivity contribution is -0.154. The Balaban J connectivity index is 2.20. The fourth-order valence-corrected chi connectivity index (χ4v) is 3.21. The standard InChI is InChI=1S/C15H22N2O2/c1-3-5-8-11-17-12(4-2)13(18)16-15(14(17)19)9-6-7-10-15/h12H,4,6-11H2,1-2H3,(H,16,18). The van der Waals surface area contributed by atoms with Gasteiger partial charge >= 0.3 is 0 Å². The summed E-state index contributed by atoms with van der Waals surface area (Å²) in [6, 6.07) is -0.322. The minimum Gasteiger partial charge on any atom is -0.340 e. The summed E-state index contributed by atoms with van der Waals surface area (Å²) in [6.07, 6.45) is 4.90. The lowest BCUT2D eigenvalue weighted by Gasteiger charge is -2.44. The third-order valence-electron chi connectivity index (χ3n) is 4.21. The van der Waals surface area contributed by atoms with Gasteiger partial charge in [-0.05, 0) is 26.2 Å². The van der Waals surface area contributed by atoms with Crippen molar-refractivity contribution in [1.82, 2.24) is 10.2 Å². The van der Waals surface area contributed by atoms with Crippen LogP contribution >= 0.6 is 0 Å². The highest BCUT2D eigenvalue weighted by atomic mass is 16.2. The summed E-state index contributed by atoms with van der Waals surface area (Å²) < 4.78 is 0. The fourth-order valence-electron chi connectivity index (χ4n) is 3.21. The lowest BCUT2D eigenvalue weighted by atomic mass is 9.90. The van der Waals surface area contributed by atoms with Gasteiger partial charge in [-0.15, -0.1) is 11.8 Å². The lowest BCUT2D eigenvalue weighted by Crippen LogP contribution is -2.69. The number of hydrogen-bond donors (Lipinski definition) is 1. The van der Waals surface area contributed by atoms with Crippen LogP contribution in [0.1, 0.15) is 52.4 Å². The van der Waals surface area contributed by atoms with Crippen LogP contribution in [0.15, 0.2) is 0 Å². The third kappa shape index (κ3) is 2.47. The van der Waals surface area contributed by atoms with Crippen LogP contribution in [-0.4, -0.2) is 34.8 Å². The largest absolute Gasteiger partial charge is 0.340 e. The van der Waals surface area contributed by atoms with Crippen LogP contribution in [0.3, 0.4) is 0 Å². The predicted molar refractivity (Wildman–Crippen MR) is 73.2 cm³/mol. The number of nitrogens with zero attached hydrogens (tertiary/aromatic N) is 1. The quantitative estimate of drug-likeness (QED) is 0.783. The van der Waals surface area contributed by atoms with Gasteiger partial charge in [-0.2, -0.15) is 0 Å². The van der Waals surface area contributed by atoms with E-state index in [0.717, 1.165) is 25.7 Å². The molecule has 2 fully saturated rings. The summed E-state index contributed by atoms with van der Waals surface area (Å²) in [5.74, 6) is 5.93. The molecule has 1 heterocycles. The molecule has 0 bridgehead atoms. The summed E-state index contributed by atoms with van der Waals surface area (Å²) in [5, 5.41) is 3.00. The number of piperazine rings is 1. The topological polar surface area (TPSA) is 49.4 Å². The van der Waals surface area contributed by atoms with Crippen LogP contribution in [0.25, 0.3) is 0 Å². The number of nitrogens with one attached hydrogen (secondary N) is 1. The van der Waals surface area contributed by atoms with Crippen molar-refractivity contribution in [3.8, 4) is 11.8 Å². The summed E-state index contributed by atoms with van der Waals surface area (Å²) in [7, 11) is 0. The van der Waals surface area contributed by atoms with Gasteiger partial charge < -0.3 is 10.2 Å². The van der Waals surface area contributed by atoms with E-state index in [-0.39, 0.29) is 17.9 Å². The van der Waals surface area contributed by atoms with Crippen molar-refractivity contribution in [2.45, 2.75) is 64.0 Å².